The van der Waals surface area contributed by atoms with Gasteiger partial charge in [0.25, 0.3) is 0 Å². The third-order valence-electron chi connectivity index (χ3n) is 2.16. The highest BCUT2D eigenvalue weighted by Crippen LogP contribution is 2.35. The van der Waals surface area contributed by atoms with E-state index >= 15 is 0 Å². The maximum absolute atomic E-state index is 10.7. The van der Waals surface area contributed by atoms with Gasteiger partial charge in [-0.2, -0.15) is 0 Å². The van der Waals surface area contributed by atoms with Gasteiger partial charge in [-0.1, -0.05) is 22.0 Å². The number of aldehydes is 1. The second-order valence-corrected chi connectivity index (χ2v) is 4.38. The van der Waals surface area contributed by atoms with Crippen molar-refractivity contribution in [2.75, 3.05) is 0 Å². The van der Waals surface area contributed by atoms with Crippen LogP contribution in [0.2, 0.25) is 0 Å². The minimum atomic E-state index is -0.664. The molecule has 2 rings (SSSR count). The molecule has 0 amide bonds. The number of hydrogen-bond donors (Lipinski definition) is 0. The normalized spacial score (nSPS) is 25.1. The van der Waals surface area contributed by atoms with E-state index < -0.39 is 5.60 Å². The number of hydrogen-bond acceptors (Lipinski definition) is 2. The molecule has 0 N–H and O–H groups in total. The molecule has 0 spiro atoms. The second-order valence-electron chi connectivity index (χ2n) is 3.46. The molecule has 1 aromatic rings. The number of fused-ring (bicyclic) bond motifs is 1. The molecule has 2 nitrogen and oxygen atoms in total. The predicted octanol–water partition coefficient (Wildman–Crippen LogP) is 2.34. The van der Waals surface area contributed by atoms with Crippen molar-refractivity contribution in [3.05, 3.63) is 28.2 Å². The van der Waals surface area contributed by atoms with Gasteiger partial charge in [0.1, 0.15) is 5.75 Å². The van der Waals surface area contributed by atoms with Crippen molar-refractivity contribution >= 4 is 22.2 Å². The van der Waals surface area contributed by atoms with Crippen molar-refractivity contribution < 1.29 is 9.53 Å². The van der Waals surface area contributed by atoms with Crippen LogP contribution >= 0.6 is 15.9 Å². The Morgan fingerprint density at radius 3 is 3.08 bits per heavy atom. The molecule has 1 unspecified atom stereocenters. The highest BCUT2D eigenvalue weighted by Gasteiger charge is 2.34. The van der Waals surface area contributed by atoms with E-state index in [2.05, 4.69) is 15.9 Å². The molecular formula is C10H9BrO2. The lowest BCUT2D eigenvalue weighted by Gasteiger charge is -2.14. The summed E-state index contributed by atoms with van der Waals surface area (Å²) >= 11 is 3.36. The molecule has 0 radical (unpaired) electrons. The molecule has 1 aliphatic rings. The molecule has 0 saturated heterocycles. The van der Waals surface area contributed by atoms with E-state index in [0.29, 0.717) is 6.42 Å². The fraction of sp³-hybridized carbons (Fsp3) is 0.300. The topological polar surface area (TPSA) is 26.3 Å². The number of halogens is 1. The Hall–Kier alpha value is -0.830. The first-order chi connectivity index (χ1) is 6.13. The summed E-state index contributed by atoms with van der Waals surface area (Å²) in [5, 5.41) is 0. The Bertz CT molecular complexity index is 362. The lowest BCUT2D eigenvalue weighted by atomic mass is 10.0. The minimum absolute atomic E-state index is 0.664. The number of rotatable bonds is 1. The fourth-order valence-corrected chi connectivity index (χ4v) is 1.84. The molecule has 0 aromatic heterocycles. The number of carbonyl (C=O) groups excluding carboxylic acids is 1. The summed E-state index contributed by atoms with van der Waals surface area (Å²) in [4.78, 5) is 10.7. The van der Waals surface area contributed by atoms with Crippen LogP contribution in [0.3, 0.4) is 0 Å². The van der Waals surface area contributed by atoms with Gasteiger partial charge in [-0.05, 0) is 24.6 Å². The molecular weight excluding hydrogens is 232 g/mol. The molecule has 0 bridgehead atoms. The first-order valence-electron chi connectivity index (χ1n) is 4.07. The first-order valence-corrected chi connectivity index (χ1v) is 4.86. The Kier molecular flexibility index (Phi) is 1.91. The van der Waals surface area contributed by atoms with Crippen LogP contribution in [0, 0.1) is 0 Å². The summed E-state index contributed by atoms with van der Waals surface area (Å²) in [5.74, 6) is 0.809. The SMILES string of the molecule is CC1(C=O)Cc2ccc(Br)cc2O1. The predicted molar refractivity (Wildman–Crippen MR) is 52.9 cm³/mol. The minimum Gasteiger partial charge on any atom is -0.479 e. The van der Waals surface area contributed by atoms with Crippen LogP contribution in [0.15, 0.2) is 22.7 Å². The quantitative estimate of drug-likeness (QED) is 0.705. The van der Waals surface area contributed by atoms with Crippen LogP contribution < -0.4 is 4.74 Å². The molecule has 1 heterocycles. The standard InChI is InChI=1S/C10H9BrO2/c1-10(6-12)5-7-2-3-8(11)4-9(7)13-10/h2-4,6H,5H2,1H3. The maximum atomic E-state index is 10.7. The molecule has 1 aliphatic heterocycles. The van der Waals surface area contributed by atoms with E-state index in [0.717, 1.165) is 22.1 Å². The van der Waals surface area contributed by atoms with Crippen molar-refractivity contribution in [1.82, 2.24) is 0 Å². The van der Waals surface area contributed by atoms with Gasteiger partial charge in [0, 0.05) is 10.9 Å². The zero-order valence-electron chi connectivity index (χ0n) is 7.21. The largest absolute Gasteiger partial charge is 0.479 e. The van der Waals surface area contributed by atoms with E-state index in [1.807, 2.05) is 18.2 Å². The van der Waals surface area contributed by atoms with Gasteiger partial charge in [0.15, 0.2) is 11.9 Å². The molecule has 3 heteroatoms. The average Bonchev–Trinajstić information content (AvgIpc) is 2.42. The van der Waals surface area contributed by atoms with E-state index in [4.69, 9.17) is 4.74 Å². The van der Waals surface area contributed by atoms with E-state index in [9.17, 15) is 4.79 Å². The van der Waals surface area contributed by atoms with Crippen LogP contribution in [0.5, 0.6) is 5.75 Å². The Balaban J connectivity index is 2.40. The molecule has 0 saturated carbocycles. The fourth-order valence-electron chi connectivity index (χ4n) is 1.50. The van der Waals surface area contributed by atoms with Crippen LogP contribution in [-0.2, 0) is 11.2 Å². The summed E-state index contributed by atoms with van der Waals surface area (Å²) in [7, 11) is 0. The lowest BCUT2D eigenvalue weighted by Crippen LogP contribution is -2.31. The van der Waals surface area contributed by atoms with Crippen LogP contribution in [-0.4, -0.2) is 11.9 Å². The van der Waals surface area contributed by atoms with Crippen molar-refractivity contribution in [2.45, 2.75) is 18.9 Å². The van der Waals surface area contributed by atoms with Gasteiger partial charge in [0.2, 0.25) is 0 Å². The van der Waals surface area contributed by atoms with Gasteiger partial charge in [-0.3, -0.25) is 4.79 Å². The Labute approximate surface area is 85.0 Å². The summed E-state index contributed by atoms with van der Waals surface area (Å²) < 4.78 is 6.50. The van der Waals surface area contributed by atoms with E-state index in [1.54, 1.807) is 6.92 Å². The summed E-state index contributed by atoms with van der Waals surface area (Å²) in [6, 6.07) is 5.83. The van der Waals surface area contributed by atoms with E-state index in [1.165, 1.54) is 0 Å². The van der Waals surface area contributed by atoms with Crippen molar-refractivity contribution in [3.63, 3.8) is 0 Å². The number of benzene rings is 1. The molecule has 68 valence electrons. The Morgan fingerprint density at radius 1 is 1.62 bits per heavy atom. The molecule has 0 fully saturated rings. The van der Waals surface area contributed by atoms with Crippen molar-refractivity contribution in [3.8, 4) is 5.75 Å². The summed E-state index contributed by atoms with van der Waals surface area (Å²) in [6.45, 7) is 1.80. The maximum Gasteiger partial charge on any atom is 0.165 e. The van der Waals surface area contributed by atoms with E-state index in [-0.39, 0.29) is 0 Å². The smallest absolute Gasteiger partial charge is 0.165 e. The third-order valence-corrected chi connectivity index (χ3v) is 2.66. The molecule has 1 aromatic carbocycles. The van der Waals surface area contributed by atoms with Gasteiger partial charge in [-0.25, -0.2) is 0 Å². The third kappa shape index (κ3) is 1.48. The van der Waals surface area contributed by atoms with Crippen LogP contribution in [0.4, 0.5) is 0 Å². The zero-order valence-corrected chi connectivity index (χ0v) is 8.80. The van der Waals surface area contributed by atoms with Gasteiger partial charge < -0.3 is 4.74 Å². The van der Waals surface area contributed by atoms with Crippen LogP contribution in [0.1, 0.15) is 12.5 Å². The number of carbonyl (C=O) groups is 1. The van der Waals surface area contributed by atoms with Gasteiger partial charge in [-0.15, -0.1) is 0 Å². The van der Waals surface area contributed by atoms with Crippen LogP contribution in [0.25, 0.3) is 0 Å². The average molecular weight is 241 g/mol. The summed E-state index contributed by atoms with van der Waals surface area (Å²) in [5.41, 5.74) is 0.432. The monoisotopic (exact) mass is 240 g/mol. The van der Waals surface area contributed by atoms with Gasteiger partial charge >= 0.3 is 0 Å². The highest BCUT2D eigenvalue weighted by molar-refractivity contribution is 9.10. The lowest BCUT2D eigenvalue weighted by molar-refractivity contribution is -0.118. The van der Waals surface area contributed by atoms with Crippen molar-refractivity contribution in [1.29, 1.82) is 0 Å². The molecule has 1 atom stereocenters. The first kappa shape index (κ1) is 8.75. The second kappa shape index (κ2) is 2.84. The van der Waals surface area contributed by atoms with Crippen molar-refractivity contribution in [2.24, 2.45) is 0 Å². The molecule has 0 aliphatic carbocycles. The summed E-state index contributed by atoms with van der Waals surface area (Å²) in [6.07, 6.45) is 1.53. The van der Waals surface area contributed by atoms with Gasteiger partial charge in [0.05, 0.1) is 0 Å². The number of ether oxygens (including phenoxy) is 1. The molecule has 13 heavy (non-hydrogen) atoms. The highest BCUT2D eigenvalue weighted by atomic mass is 79.9. The zero-order chi connectivity index (χ0) is 9.47. The Morgan fingerprint density at radius 2 is 2.38 bits per heavy atom.